The second-order valence-corrected chi connectivity index (χ2v) is 4.53. The Morgan fingerprint density at radius 2 is 2.12 bits per heavy atom. The van der Waals surface area contributed by atoms with Crippen molar-refractivity contribution in [1.29, 1.82) is 0 Å². The number of aromatic nitrogens is 1. The average molecular weight is 234 g/mol. The van der Waals surface area contributed by atoms with Crippen LogP contribution < -0.4 is 10.2 Å². The zero-order valence-corrected chi connectivity index (χ0v) is 10.1. The third kappa shape index (κ3) is 3.82. The second kappa shape index (κ2) is 6.35. The van der Waals surface area contributed by atoms with Crippen LogP contribution >= 0.6 is 0 Å². The average Bonchev–Trinajstić information content (AvgIpc) is 2.41. The third-order valence-corrected chi connectivity index (χ3v) is 3.22. The maximum atomic E-state index is 11.7. The van der Waals surface area contributed by atoms with E-state index in [1.165, 1.54) is 32.4 Å². The molecular weight excluding hydrogens is 214 g/mol. The topological polar surface area (TPSA) is 46.4 Å². The smallest absolute Gasteiger partial charge is 0.270 e. The van der Waals surface area contributed by atoms with Crippen LogP contribution in [0, 0.1) is 0 Å². The van der Waals surface area contributed by atoms with E-state index in [0.29, 0.717) is 5.69 Å². The predicted molar refractivity (Wildman–Crippen MR) is 66.0 cm³/mol. The van der Waals surface area contributed by atoms with Gasteiger partial charge in [-0.05, 0) is 31.4 Å². The van der Waals surface area contributed by atoms with E-state index < -0.39 is 0 Å². The third-order valence-electron chi connectivity index (χ3n) is 3.22. The van der Waals surface area contributed by atoms with Gasteiger partial charge in [-0.1, -0.05) is 6.07 Å². The van der Waals surface area contributed by atoms with E-state index >= 15 is 0 Å². The van der Waals surface area contributed by atoms with Gasteiger partial charge < -0.3 is 10.2 Å². The lowest BCUT2D eigenvalue weighted by molar-refractivity contribution is -0.903. The van der Waals surface area contributed by atoms with Gasteiger partial charge in [-0.25, -0.2) is 0 Å². The van der Waals surface area contributed by atoms with Crippen LogP contribution in [0.5, 0.6) is 0 Å². The molecule has 1 amide bonds. The van der Waals surface area contributed by atoms with Crippen molar-refractivity contribution >= 4 is 5.91 Å². The number of likely N-dealkylation sites (tertiary alicyclic amines) is 1. The fraction of sp³-hybridized carbons (Fsp3) is 0.538. The van der Waals surface area contributed by atoms with Crippen molar-refractivity contribution in [2.75, 3.05) is 26.2 Å². The van der Waals surface area contributed by atoms with E-state index in [1.54, 1.807) is 17.2 Å². The van der Waals surface area contributed by atoms with E-state index in [2.05, 4.69) is 10.3 Å². The fourth-order valence-corrected chi connectivity index (χ4v) is 2.24. The van der Waals surface area contributed by atoms with Crippen LogP contribution in [0.3, 0.4) is 0 Å². The highest BCUT2D eigenvalue weighted by Gasteiger charge is 2.13. The standard InChI is InChI=1S/C13H19N3O/c17-13(12-6-2-3-7-14-12)15-8-11-16-9-4-1-5-10-16/h2-3,6-7H,1,4-5,8-11H2,(H,15,17)/p+1. The lowest BCUT2D eigenvalue weighted by atomic mass is 10.1. The molecule has 2 rings (SSSR count). The number of piperidine rings is 1. The number of nitrogens with zero attached hydrogens (tertiary/aromatic N) is 1. The van der Waals surface area contributed by atoms with Crippen LogP contribution in [-0.2, 0) is 0 Å². The minimum Gasteiger partial charge on any atom is -0.345 e. The monoisotopic (exact) mass is 234 g/mol. The molecule has 1 saturated heterocycles. The minimum absolute atomic E-state index is 0.0676. The van der Waals surface area contributed by atoms with Crippen LogP contribution in [0.4, 0.5) is 0 Å². The number of hydrogen-bond donors (Lipinski definition) is 2. The van der Waals surface area contributed by atoms with Crippen LogP contribution in [0.1, 0.15) is 29.8 Å². The summed E-state index contributed by atoms with van der Waals surface area (Å²) in [5.74, 6) is -0.0676. The number of nitrogens with one attached hydrogen (secondary N) is 2. The zero-order valence-electron chi connectivity index (χ0n) is 10.1. The zero-order chi connectivity index (χ0) is 11.9. The SMILES string of the molecule is O=C(NCC[NH+]1CCCCC1)c1ccccn1. The van der Waals surface area contributed by atoms with Gasteiger partial charge in [-0.3, -0.25) is 9.78 Å². The number of pyridine rings is 1. The van der Waals surface area contributed by atoms with Crippen LogP contribution in [0.25, 0.3) is 0 Å². The molecule has 17 heavy (non-hydrogen) atoms. The molecule has 0 bridgehead atoms. The van der Waals surface area contributed by atoms with Crippen molar-refractivity contribution in [1.82, 2.24) is 10.3 Å². The Morgan fingerprint density at radius 1 is 1.29 bits per heavy atom. The second-order valence-electron chi connectivity index (χ2n) is 4.53. The normalized spacial score (nSPS) is 16.7. The Labute approximate surface area is 102 Å². The van der Waals surface area contributed by atoms with Gasteiger partial charge in [0.2, 0.25) is 0 Å². The van der Waals surface area contributed by atoms with Crippen molar-refractivity contribution in [2.24, 2.45) is 0 Å². The summed E-state index contributed by atoms with van der Waals surface area (Å²) in [6.07, 6.45) is 5.65. The highest BCUT2D eigenvalue weighted by atomic mass is 16.1. The molecule has 0 aliphatic carbocycles. The molecule has 4 heteroatoms. The van der Waals surface area contributed by atoms with Gasteiger partial charge in [-0.2, -0.15) is 0 Å². The van der Waals surface area contributed by atoms with Crippen molar-refractivity contribution < 1.29 is 9.69 Å². The summed E-state index contributed by atoms with van der Waals surface area (Å²) in [5.41, 5.74) is 0.501. The van der Waals surface area contributed by atoms with Crippen molar-refractivity contribution in [3.05, 3.63) is 30.1 Å². The molecule has 0 radical (unpaired) electrons. The Hall–Kier alpha value is -1.42. The van der Waals surface area contributed by atoms with Crippen molar-refractivity contribution in [3.63, 3.8) is 0 Å². The highest BCUT2D eigenvalue weighted by Crippen LogP contribution is 1.94. The molecule has 0 spiro atoms. The molecule has 1 aliphatic heterocycles. The van der Waals surface area contributed by atoms with Gasteiger partial charge in [0, 0.05) is 6.20 Å². The Balaban J connectivity index is 1.69. The van der Waals surface area contributed by atoms with Gasteiger partial charge in [0.25, 0.3) is 5.91 Å². The molecule has 1 aliphatic rings. The van der Waals surface area contributed by atoms with E-state index in [0.717, 1.165) is 13.1 Å². The fourth-order valence-electron chi connectivity index (χ4n) is 2.24. The number of carbonyl (C=O) groups excluding carboxylic acids is 1. The first-order valence-electron chi connectivity index (χ1n) is 6.39. The van der Waals surface area contributed by atoms with Crippen LogP contribution in [-0.4, -0.2) is 37.1 Å². The molecule has 4 nitrogen and oxygen atoms in total. The molecule has 0 saturated carbocycles. The quantitative estimate of drug-likeness (QED) is 0.763. The predicted octanol–water partition coefficient (Wildman–Crippen LogP) is -0.120. The molecule has 0 aromatic carbocycles. The molecule has 92 valence electrons. The summed E-state index contributed by atoms with van der Waals surface area (Å²) in [6.45, 7) is 4.27. The van der Waals surface area contributed by atoms with Gasteiger partial charge in [-0.15, -0.1) is 0 Å². The van der Waals surface area contributed by atoms with Gasteiger partial charge >= 0.3 is 0 Å². The number of hydrogen-bond acceptors (Lipinski definition) is 2. The van der Waals surface area contributed by atoms with Crippen molar-refractivity contribution in [3.8, 4) is 0 Å². The Morgan fingerprint density at radius 3 is 2.82 bits per heavy atom. The molecule has 1 fully saturated rings. The van der Waals surface area contributed by atoms with E-state index in [9.17, 15) is 4.79 Å². The summed E-state index contributed by atoms with van der Waals surface area (Å²) < 4.78 is 0. The minimum atomic E-state index is -0.0676. The first-order valence-corrected chi connectivity index (χ1v) is 6.39. The molecule has 2 N–H and O–H groups in total. The molecule has 0 unspecified atom stereocenters. The summed E-state index contributed by atoms with van der Waals surface area (Å²) >= 11 is 0. The maximum Gasteiger partial charge on any atom is 0.270 e. The van der Waals surface area contributed by atoms with Gasteiger partial charge in [0.15, 0.2) is 0 Å². The van der Waals surface area contributed by atoms with E-state index in [4.69, 9.17) is 0 Å². The maximum absolute atomic E-state index is 11.7. The number of amides is 1. The van der Waals surface area contributed by atoms with E-state index in [-0.39, 0.29) is 5.91 Å². The molecule has 1 aromatic heterocycles. The largest absolute Gasteiger partial charge is 0.345 e. The first kappa shape index (κ1) is 12.0. The summed E-state index contributed by atoms with van der Waals surface area (Å²) in [5, 5.41) is 2.92. The summed E-state index contributed by atoms with van der Waals surface area (Å²) in [4.78, 5) is 17.3. The van der Waals surface area contributed by atoms with Crippen LogP contribution in [0.2, 0.25) is 0 Å². The van der Waals surface area contributed by atoms with Gasteiger partial charge in [0.05, 0.1) is 26.2 Å². The Kier molecular flexibility index (Phi) is 4.50. The summed E-state index contributed by atoms with van der Waals surface area (Å²) in [6, 6.07) is 5.38. The number of carbonyl (C=O) groups is 1. The highest BCUT2D eigenvalue weighted by molar-refractivity contribution is 5.92. The van der Waals surface area contributed by atoms with E-state index in [1.807, 2.05) is 12.1 Å². The first-order chi connectivity index (χ1) is 8.36. The molecule has 1 aromatic rings. The molecular formula is C13H20N3O+. The molecule has 2 heterocycles. The van der Waals surface area contributed by atoms with Crippen molar-refractivity contribution in [2.45, 2.75) is 19.3 Å². The number of rotatable bonds is 4. The van der Waals surface area contributed by atoms with Gasteiger partial charge in [0.1, 0.15) is 5.69 Å². The Bertz CT molecular complexity index is 347. The van der Waals surface area contributed by atoms with Crippen LogP contribution in [0.15, 0.2) is 24.4 Å². The summed E-state index contributed by atoms with van der Waals surface area (Å²) in [7, 11) is 0. The lowest BCUT2D eigenvalue weighted by Gasteiger charge is -2.23. The lowest BCUT2D eigenvalue weighted by Crippen LogP contribution is -3.13. The molecule has 0 atom stereocenters. The number of quaternary nitrogens is 1.